The van der Waals surface area contributed by atoms with Crippen molar-refractivity contribution in [1.82, 2.24) is 0 Å². The highest BCUT2D eigenvalue weighted by atomic mass is 19.4. The third-order valence-corrected chi connectivity index (χ3v) is 5.22. The molecule has 2 aromatic rings. The minimum atomic E-state index is -4.44. The molecule has 1 heterocycles. The summed E-state index contributed by atoms with van der Waals surface area (Å²) < 4.78 is 40.4. The second kappa shape index (κ2) is 5.90. The minimum Gasteiger partial charge on any atom is -0.478 e. The second-order valence-electron chi connectivity index (χ2n) is 6.67. The molecule has 0 fully saturated rings. The predicted octanol–water partition coefficient (Wildman–Crippen LogP) is 5.23. The van der Waals surface area contributed by atoms with Gasteiger partial charge in [-0.25, -0.2) is 4.79 Å². The van der Waals surface area contributed by atoms with Crippen molar-refractivity contribution in [1.29, 1.82) is 0 Å². The SMILES string of the molecule is O=C(O)c1ccc(C2Nc3c(cccc3C(F)(F)F)C3C=CCC32)cc1. The van der Waals surface area contributed by atoms with Crippen molar-refractivity contribution >= 4 is 11.7 Å². The van der Waals surface area contributed by atoms with Crippen LogP contribution in [-0.4, -0.2) is 11.1 Å². The van der Waals surface area contributed by atoms with Gasteiger partial charge in [0, 0.05) is 5.92 Å². The Morgan fingerprint density at radius 1 is 1.12 bits per heavy atom. The monoisotopic (exact) mass is 359 g/mol. The van der Waals surface area contributed by atoms with Gasteiger partial charge < -0.3 is 10.4 Å². The maximum absolute atomic E-state index is 13.5. The van der Waals surface area contributed by atoms with Crippen LogP contribution in [0.5, 0.6) is 0 Å². The molecule has 3 nitrogen and oxygen atoms in total. The largest absolute Gasteiger partial charge is 0.478 e. The molecule has 3 atom stereocenters. The van der Waals surface area contributed by atoms with Gasteiger partial charge in [0.1, 0.15) is 0 Å². The van der Waals surface area contributed by atoms with E-state index in [1.807, 2.05) is 12.2 Å². The van der Waals surface area contributed by atoms with Gasteiger partial charge in [-0.2, -0.15) is 13.2 Å². The van der Waals surface area contributed by atoms with Gasteiger partial charge in [-0.05, 0) is 41.7 Å². The summed E-state index contributed by atoms with van der Waals surface area (Å²) in [6.07, 6.45) is 0.304. The zero-order chi connectivity index (χ0) is 18.5. The number of carboxylic acids is 1. The molecule has 3 unspecified atom stereocenters. The molecule has 6 heteroatoms. The van der Waals surface area contributed by atoms with Crippen LogP contribution in [0, 0.1) is 5.92 Å². The molecule has 2 aliphatic rings. The Morgan fingerprint density at radius 3 is 2.50 bits per heavy atom. The van der Waals surface area contributed by atoms with Gasteiger partial charge in [0.2, 0.25) is 0 Å². The summed E-state index contributed by atoms with van der Waals surface area (Å²) in [5, 5.41) is 12.1. The summed E-state index contributed by atoms with van der Waals surface area (Å²) in [6, 6.07) is 10.3. The first kappa shape index (κ1) is 16.7. The number of nitrogens with one attached hydrogen (secondary N) is 1. The highest BCUT2D eigenvalue weighted by Crippen LogP contribution is 2.52. The zero-order valence-electron chi connectivity index (χ0n) is 13.6. The van der Waals surface area contributed by atoms with Crippen molar-refractivity contribution in [3.63, 3.8) is 0 Å². The maximum atomic E-state index is 13.5. The number of halogens is 3. The molecule has 0 amide bonds. The summed E-state index contributed by atoms with van der Waals surface area (Å²) in [4.78, 5) is 11.0. The summed E-state index contributed by atoms with van der Waals surface area (Å²) in [5.41, 5.74) is 1.07. The molecule has 134 valence electrons. The highest BCUT2D eigenvalue weighted by molar-refractivity contribution is 5.87. The molecular weight excluding hydrogens is 343 g/mol. The number of allylic oxidation sites excluding steroid dienone is 2. The molecule has 0 saturated heterocycles. The zero-order valence-corrected chi connectivity index (χ0v) is 13.6. The summed E-state index contributed by atoms with van der Waals surface area (Å²) in [5.74, 6) is -1.02. The molecule has 0 saturated carbocycles. The summed E-state index contributed by atoms with van der Waals surface area (Å²) >= 11 is 0. The van der Waals surface area contributed by atoms with E-state index in [2.05, 4.69) is 5.32 Å². The van der Waals surface area contributed by atoms with Gasteiger partial charge in [-0.3, -0.25) is 0 Å². The van der Waals surface area contributed by atoms with Gasteiger partial charge in [0.05, 0.1) is 22.9 Å². The summed E-state index contributed by atoms with van der Waals surface area (Å²) in [6.45, 7) is 0. The molecule has 2 aromatic carbocycles. The number of aromatic carboxylic acids is 1. The van der Waals surface area contributed by atoms with E-state index >= 15 is 0 Å². The van der Waals surface area contributed by atoms with Crippen LogP contribution < -0.4 is 5.32 Å². The van der Waals surface area contributed by atoms with Crippen LogP contribution >= 0.6 is 0 Å². The topological polar surface area (TPSA) is 49.3 Å². The molecule has 1 aliphatic heterocycles. The van der Waals surface area contributed by atoms with Crippen molar-refractivity contribution < 1.29 is 23.1 Å². The molecule has 26 heavy (non-hydrogen) atoms. The van der Waals surface area contributed by atoms with Crippen LogP contribution in [0.15, 0.2) is 54.6 Å². The van der Waals surface area contributed by atoms with Gasteiger partial charge in [0.15, 0.2) is 0 Å². The smallest absolute Gasteiger partial charge is 0.418 e. The van der Waals surface area contributed by atoms with E-state index < -0.39 is 17.7 Å². The normalized spacial score (nSPS) is 23.9. The predicted molar refractivity (Wildman–Crippen MR) is 91.2 cm³/mol. The first-order valence-corrected chi connectivity index (χ1v) is 8.33. The number of alkyl halides is 3. The molecule has 0 bridgehead atoms. The van der Waals surface area contributed by atoms with E-state index in [0.717, 1.165) is 18.1 Å². The molecule has 0 aromatic heterocycles. The molecule has 0 spiro atoms. The van der Waals surface area contributed by atoms with Gasteiger partial charge >= 0.3 is 12.1 Å². The van der Waals surface area contributed by atoms with Crippen molar-refractivity contribution in [2.45, 2.75) is 24.6 Å². The van der Waals surface area contributed by atoms with Crippen LogP contribution in [-0.2, 0) is 6.18 Å². The fraction of sp³-hybridized carbons (Fsp3) is 0.250. The molecule has 0 radical (unpaired) electrons. The fourth-order valence-electron chi connectivity index (χ4n) is 4.02. The first-order valence-electron chi connectivity index (χ1n) is 8.33. The lowest BCUT2D eigenvalue weighted by Crippen LogP contribution is -2.30. The molecule has 1 aliphatic carbocycles. The molecule has 4 rings (SSSR count). The number of anilines is 1. The van der Waals surface area contributed by atoms with Crippen molar-refractivity contribution in [2.75, 3.05) is 5.32 Å². The van der Waals surface area contributed by atoms with E-state index in [-0.39, 0.29) is 29.1 Å². The van der Waals surface area contributed by atoms with Crippen molar-refractivity contribution in [2.24, 2.45) is 5.92 Å². The van der Waals surface area contributed by atoms with Crippen LogP contribution in [0.25, 0.3) is 0 Å². The number of fused-ring (bicyclic) bond motifs is 3. The van der Waals surface area contributed by atoms with Crippen LogP contribution in [0.4, 0.5) is 18.9 Å². The highest BCUT2D eigenvalue weighted by Gasteiger charge is 2.42. The fourth-order valence-corrected chi connectivity index (χ4v) is 4.02. The number of hydrogen-bond donors (Lipinski definition) is 2. The van der Waals surface area contributed by atoms with Gasteiger partial charge in [-0.15, -0.1) is 0 Å². The third kappa shape index (κ3) is 2.66. The summed E-state index contributed by atoms with van der Waals surface area (Å²) in [7, 11) is 0. The van der Waals surface area contributed by atoms with Crippen molar-refractivity contribution in [3.05, 3.63) is 76.9 Å². The third-order valence-electron chi connectivity index (χ3n) is 5.22. The van der Waals surface area contributed by atoms with E-state index in [0.29, 0.717) is 5.56 Å². The lowest BCUT2D eigenvalue weighted by molar-refractivity contribution is -0.137. The Labute approximate surface area is 148 Å². The Bertz CT molecular complexity index is 887. The molecular formula is C20H16F3NO2. The second-order valence-corrected chi connectivity index (χ2v) is 6.67. The minimum absolute atomic E-state index is 0.0855. The average molecular weight is 359 g/mol. The standard InChI is InChI=1S/C20H16F3NO2/c21-20(22,23)16-6-2-5-15-13-3-1-4-14(13)17(24-18(15)16)11-7-9-12(10-8-11)19(25)26/h1-3,5-10,13-14,17,24H,4H2,(H,25,26). The quantitative estimate of drug-likeness (QED) is 0.722. The number of rotatable bonds is 2. The van der Waals surface area contributed by atoms with E-state index in [9.17, 15) is 18.0 Å². The number of para-hydroxylation sites is 1. The van der Waals surface area contributed by atoms with E-state index in [1.165, 1.54) is 18.2 Å². The maximum Gasteiger partial charge on any atom is 0.418 e. The van der Waals surface area contributed by atoms with Gasteiger partial charge in [-0.1, -0.05) is 36.4 Å². The Morgan fingerprint density at radius 2 is 1.85 bits per heavy atom. The lowest BCUT2D eigenvalue weighted by atomic mass is 9.76. The number of carboxylic acid groups (broad SMARTS) is 1. The average Bonchev–Trinajstić information content (AvgIpc) is 3.09. The van der Waals surface area contributed by atoms with Crippen LogP contribution in [0.1, 0.15) is 45.4 Å². The number of hydrogen-bond acceptors (Lipinski definition) is 2. The Kier molecular flexibility index (Phi) is 3.79. The lowest BCUT2D eigenvalue weighted by Gasteiger charge is -2.38. The van der Waals surface area contributed by atoms with E-state index in [4.69, 9.17) is 5.11 Å². The Hall–Kier alpha value is -2.76. The molecule has 2 N–H and O–H groups in total. The number of carbonyl (C=O) groups is 1. The van der Waals surface area contributed by atoms with Crippen LogP contribution in [0.2, 0.25) is 0 Å². The van der Waals surface area contributed by atoms with Gasteiger partial charge in [0.25, 0.3) is 0 Å². The first-order chi connectivity index (χ1) is 12.4. The Balaban J connectivity index is 1.79. The number of benzene rings is 2. The van der Waals surface area contributed by atoms with E-state index in [1.54, 1.807) is 18.2 Å². The van der Waals surface area contributed by atoms with Crippen molar-refractivity contribution in [3.8, 4) is 0 Å². The van der Waals surface area contributed by atoms with Crippen LogP contribution in [0.3, 0.4) is 0 Å².